The predicted molar refractivity (Wildman–Crippen MR) is 123 cm³/mol. The second kappa shape index (κ2) is 9.76. The van der Waals surface area contributed by atoms with Crippen molar-refractivity contribution < 1.29 is 9.53 Å². The van der Waals surface area contributed by atoms with Crippen LogP contribution in [0.5, 0.6) is 5.75 Å². The maximum atomic E-state index is 12.4. The highest BCUT2D eigenvalue weighted by atomic mass is 16.5. The standard InChI is InChI=1S/C26H25N3O2/c27-24-7-3-1-5-21(24)16-22(30)15-20-11-9-19(10-12-20)13-14-31-26-8-4-2-6-23(26)25-17-28-18-29-25/h1-12,17-18H,13-16,27H2,(H,28,29). The van der Waals surface area contributed by atoms with Gasteiger partial charge in [-0.05, 0) is 34.9 Å². The summed E-state index contributed by atoms with van der Waals surface area (Å²) in [6.45, 7) is 0.566. The number of para-hydroxylation sites is 2. The van der Waals surface area contributed by atoms with E-state index in [1.54, 1.807) is 12.5 Å². The lowest BCUT2D eigenvalue weighted by Crippen LogP contribution is -2.08. The van der Waals surface area contributed by atoms with E-state index in [4.69, 9.17) is 10.5 Å². The molecule has 0 aliphatic rings. The van der Waals surface area contributed by atoms with Crippen molar-refractivity contribution in [2.75, 3.05) is 12.3 Å². The number of carbonyl (C=O) groups is 1. The van der Waals surface area contributed by atoms with E-state index in [1.165, 1.54) is 5.56 Å². The van der Waals surface area contributed by atoms with Crippen molar-refractivity contribution in [3.8, 4) is 17.0 Å². The van der Waals surface area contributed by atoms with Gasteiger partial charge in [-0.2, -0.15) is 0 Å². The van der Waals surface area contributed by atoms with Crippen molar-refractivity contribution in [2.45, 2.75) is 19.3 Å². The minimum Gasteiger partial charge on any atom is -0.493 e. The zero-order valence-corrected chi connectivity index (χ0v) is 17.3. The molecule has 5 heteroatoms. The number of ketones is 1. The quantitative estimate of drug-likeness (QED) is 0.393. The van der Waals surface area contributed by atoms with E-state index in [0.29, 0.717) is 25.1 Å². The number of ether oxygens (including phenoxy) is 1. The Balaban J connectivity index is 1.30. The Labute approximate surface area is 181 Å². The summed E-state index contributed by atoms with van der Waals surface area (Å²) in [5.74, 6) is 0.985. The van der Waals surface area contributed by atoms with Gasteiger partial charge in [0.15, 0.2) is 0 Å². The number of benzene rings is 3. The van der Waals surface area contributed by atoms with Crippen LogP contribution in [0, 0.1) is 0 Å². The SMILES string of the molecule is Nc1ccccc1CC(=O)Cc1ccc(CCOc2ccccc2-c2cnc[nH]2)cc1. The molecule has 0 fully saturated rings. The summed E-state index contributed by atoms with van der Waals surface area (Å²) in [6.07, 6.45) is 4.99. The number of nitrogens with one attached hydrogen (secondary N) is 1. The summed E-state index contributed by atoms with van der Waals surface area (Å²) >= 11 is 0. The van der Waals surface area contributed by atoms with Crippen LogP contribution in [0.25, 0.3) is 11.3 Å². The molecule has 156 valence electrons. The summed E-state index contributed by atoms with van der Waals surface area (Å²) in [6, 6.07) is 23.6. The summed E-state index contributed by atoms with van der Waals surface area (Å²) in [5, 5.41) is 0. The van der Waals surface area contributed by atoms with Crippen LogP contribution in [-0.2, 0) is 24.1 Å². The minimum absolute atomic E-state index is 0.157. The third kappa shape index (κ3) is 5.39. The maximum Gasteiger partial charge on any atom is 0.141 e. The number of nitrogen functional groups attached to an aromatic ring is 1. The molecule has 0 saturated carbocycles. The van der Waals surface area contributed by atoms with E-state index < -0.39 is 0 Å². The van der Waals surface area contributed by atoms with Crippen molar-refractivity contribution in [3.05, 3.63) is 102 Å². The fourth-order valence-corrected chi connectivity index (χ4v) is 3.52. The van der Waals surface area contributed by atoms with Crippen LogP contribution < -0.4 is 10.5 Å². The Hall–Kier alpha value is -3.86. The van der Waals surface area contributed by atoms with Gasteiger partial charge < -0.3 is 15.5 Å². The molecule has 4 aromatic rings. The van der Waals surface area contributed by atoms with Gasteiger partial charge in [-0.1, -0.05) is 54.6 Å². The summed E-state index contributed by atoms with van der Waals surface area (Å²) < 4.78 is 6.02. The van der Waals surface area contributed by atoms with Gasteiger partial charge >= 0.3 is 0 Å². The number of aromatic nitrogens is 2. The first-order valence-electron chi connectivity index (χ1n) is 10.3. The fraction of sp³-hybridized carbons (Fsp3) is 0.154. The van der Waals surface area contributed by atoms with Crippen molar-refractivity contribution in [2.24, 2.45) is 0 Å². The summed E-state index contributed by atoms with van der Waals surface area (Å²) in [5.41, 5.74) is 11.6. The van der Waals surface area contributed by atoms with Gasteiger partial charge in [0, 0.05) is 30.5 Å². The molecule has 3 N–H and O–H groups in total. The number of rotatable bonds is 9. The van der Waals surface area contributed by atoms with Gasteiger partial charge in [0.2, 0.25) is 0 Å². The minimum atomic E-state index is 0.157. The molecule has 0 atom stereocenters. The Kier molecular flexibility index (Phi) is 6.43. The highest BCUT2D eigenvalue weighted by Gasteiger charge is 2.09. The molecular weight excluding hydrogens is 386 g/mol. The second-order valence-corrected chi connectivity index (χ2v) is 7.47. The van der Waals surface area contributed by atoms with Crippen LogP contribution in [0.1, 0.15) is 16.7 Å². The first-order valence-corrected chi connectivity index (χ1v) is 10.3. The second-order valence-electron chi connectivity index (χ2n) is 7.47. The van der Waals surface area contributed by atoms with E-state index in [0.717, 1.165) is 34.6 Å². The predicted octanol–water partition coefficient (Wildman–Crippen LogP) is 4.63. The lowest BCUT2D eigenvalue weighted by atomic mass is 10.0. The summed E-state index contributed by atoms with van der Waals surface area (Å²) in [4.78, 5) is 19.6. The molecule has 0 saturated heterocycles. The lowest BCUT2D eigenvalue weighted by molar-refractivity contribution is -0.117. The van der Waals surface area contributed by atoms with E-state index in [2.05, 4.69) is 22.1 Å². The number of hydrogen-bond donors (Lipinski definition) is 2. The van der Waals surface area contributed by atoms with Crippen LogP contribution in [0.15, 0.2) is 85.3 Å². The van der Waals surface area contributed by atoms with Crippen LogP contribution >= 0.6 is 0 Å². The van der Waals surface area contributed by atoms with Gasteiger partial charge in [0.05, 0.1) is 24.8 Å². The smallest absolute Gasteiger partial charge is 0.141 e. The largest absolute Gasteiger partial charge is 0.493 e. The normalized spacial score (nSPS) is 10.7. The van der Waals surface area contributed by atoms with Crippen LogP contribution in [0.2, 0.25) is 0 Å². The highest BCUT2D eigenvalue weighted by molar-refractivity contribution is 5.84. The Morgan fingerprint density at radius 3 is 2.42 bits per heavy atom. The molecular formula is C26H25N3O2. The molecule has 4 rings (SSSR count). The average Bonchev–Trinajstić information content (AvgIpc) is 3.32. The molecule has 1 aromatic heterocycles. The lowest BCUT2D eigenvalue weighted by Gasteiger charge is -2.11. The fourth-order valence-electron chi connectivity index (χ4n) is 3.52. The van der Waals surface area contributed by atoms with Crippen molar-refractivity contribution in [1.29, 1.82) is 0 Å². The first kappa shape index (κ1) is 20.4. The number of aromatic amines is 1. The van der Waals surface area contributed by atoms with Crippen molar-refractivity contribution in [3.63, 3.8) is 0 Å². The Bertz CT molecular complexity index is 1140. The molecule has 0 spiro atoms. The van der Waals surface area contributed by atoms with Crippen LogP contribution in [0.4, 0.5) is 5.69 Å². The van der Waals surface area contributed by atoms with Gasteiger partial charge in [-0.15, -0.1) is 0 Å². The summed E-state index contributed by atoms with van der Waals surface area (Å²) in [7, 11) is 0. The van der Waals surface area contributed by atoms with E-state index >= 15 is 0 Å². The van der Waals surface area contributed by atoms with Crippen LogP contribution in [0.3, 0.4) is 0 Å². The van der Waals surface area contributed by atoms with E-state index in [9.17, 15) is 4.79 Å². The Morgan fingerprint density at radius 1 is 0.903 bits per heavy atom. The first-order chi connectivity index (χ1) is 15.2. The van der Waals surface area contributed by atoms with E-state index in [1.807, 2.05) is 60.7 Å². The molecule has 0 unspecified atom stereocenters. The molecule has 0 radical (unpaired) electrons. The zero-order chi connectivity index (χ0) is 21.5. The molecule has 0 aliphatic carbocycles. The maximum absolute atomic E-state index is 12.4. The molecule has 1 heterocycles. The van der Waals surface area contributed by atoms with Crippen LogP contribution in [-0.4, -0.2) is 22.4 Å². The highest BCUT2D eigenvalue weighted by Crippen LogP contribution is 2.28. The topological polar surface area (TPSA) is 81.0 Å². The monoisotopic (exact) mass is 411 g/mol. The molecule has 0 amide bonds. The number of imidazole rings is 1. The number of carbonyl (C=O) groups excluding carboxylic acids is 1. The zero-order valence-electron chi connectivity index (χ0n) is 17.3. The van der Waals surface area contributed by atoms with Crippen molar-refractivity contribution in [1.82, 2.24) is 9.97 Å². The number of Topliss-reactive ketones (excluding diaryl/α,β-unsaturated/α-hetero) is 1. The molecule has 31 heavy (non-hydrogen) atoms. The third-order valence-electron chi connectivity index (χ3n) is 5.19. The molecule has 3 aromatic carbocycles. The number of nitrogens with zero attached hydrogens (tertiary/aromatic N) is 1. The van der Waals surface area contributed by atoms with E-state index in [-0.39, 0.29) is 5.78 Å². The van der Waals surface area contributed by atoms with Gasteiger partial charge in [0.1, 0.15) is 11.5 Å². The number of nitrogens with two attached hydrogens (primary N) is 1. The van der Waals surface area contributed by atoms with Crippen molar-refractivity contribution >= 4 is 11.5 Å². The molecule has 5 nitrogen and oxygen atoms in total. The third-order valence-corrected chi connectivity index (χ3v) is 5.19. The average molecular weight is 412 g/mol. The number of hydrogen-bond acceptors (Lipinski definition) is 4. The Morgan fingerprint density at radius 2 is 1.65 bits per heavy atom. The van der Waals surface area contributed by atoms with Gasteiger partial charge in [-0.25, -0.2) is 4.98 Å². The van der Waals surface area contributed by atoms with Gasteiger partial charge in [0.25, 0.3) is 0 Å². The number of H-pyrrole nitrogens is 1. The van der Waals surface area contributed by atoms with Gasteiger partial charge in [-0.3, -0.25) is 4.79 Å². The number of anilines is 1. The molecule has 0 bridgehead atoms. The molecule has 0 aliphatic heterocycles.